The average Bonchev–Trinajstić information content (AvgIpc) is 2.80. The predicted octanol–water partition coefficient (Wildman–Crippen LogP) is 1.44. The number of halogens is 1. The summed E-state index contributed by atoms with van der Waals surface area (Å²) >= 11 is 0. The summed E-state index contributed by atoms with van der Waals surface area (Å²) in [5.74, 6) is -0.444. The molecule has 0 saturated heterocycles. The molecule has 1 aromatic rings. The Labute approximate surface area is 76.0 Å². The molecule has 1 aliphatic rings. The summed E-state index contributed by atoms with van der Waals surface area (Å²) in [7, 11) is 0. The number of nitrogen functional groups attached to an aromatic ring is 2. The zero-order chi connectivity index (χ0) is 9.64. The number of hydrogen-bond acceptors (Lipinski definition) is 3. The van der Waals surface area contributed by atoms with Crippen molar-refractivity contribution in [3.05, 3.63) is 17.7 Å². The van der Waals surface area contributed by atoms with E-state index in [2.05, 4.69) is 4.98 Å². The van der Waals surface area contributed by atoms with Crippen LogP contribution in [0.3, 0.4) is 0 Å². The monoisotopic (exact) mass is 181 g/mol. The predicted molar refractivity (Wildman–Crippen MR) is 49.6 cm³/mol. The molecule has 0 atom stereocenters. The van der Waals surface area contributed by atoms with E-state index in [1.54, 1.807) is 0 Å². The fourth-order valence-corrected chi connectivity index (χ4v) is 1.36. The van der Waals surface area contributed by atoms with Gasteiger partial charge in [-0.25, -0.2) is 4.39 Å². The maximum Gasteiger partial charge on any atom is 0.170 e. The summed E-state index contributed by atoms with van der Waals surface area (Å²) in [6, 6.07) is 0. The summed E-state index contributed by atoms with van der Waals surface area (Å²) in [6.07, 6.45) is 3.37. The van der Waals surface area contributed by atoms with Gasteiger partial charge in [-0.3, -0.25) is 4.98 Å². The van der Waals surface area contributed by atoms with Gasteiger partial charge in [0.1, 0.15) is 0 Å². The van der Waals surface area contributed by atoms with Crippen molar-refractivity contribution in [2.45, 2.75) is 25.2 Å². The van der Waals surface area contributed by atoms with Crippen molar-refractivity contribution in [2.75, 3.05) is 11.5 Å². The SMILES string of the molecule is CC1(c2ncc(N)c(N)c2F)CC1. The number of nitrogens with two attached hydrogens (primary N) is 2. The summed E-state index contributed by atoms with van der Waals surface area (Å²) in [4.78, 5) is 3.99. The van der Waals surface area contributed by atoms with E-state index < -0.39 is 5.82 Å². The fraction of sp³-hybridized carbons (Fsp3) is 0.444. The van der Waals surface area contributed by atoms with Crippen molar-refractivity contribution < 1.29 is 4.39 Å². The molecule has 2 rings (SSSR count). The van der Waals surface area contributed by atoms with E-state index in [0.29, 0.717) is 5.69 Å². The van der Waals surface area contributed by atoms with Gasteiger partial charge in [0.15, 0.2) is 5.82 Å². The minimum atomic E-state index is -0.444. The highest BCUT2D eigenvalue weighted by Crippen LogP contribution is 2.48. The molecule has 4 N–H and O–H groups in total. The Hall–Kier alpha value is -1.32. The first-order chi connectivity index (χ1) is 6.04. The molecule has 1 aromatic heterocycles. The molecule has 0 radical (unpaired) electrons. The van der Waals surface area contributed by atoms with E-state index in [1.807, 2.05) is 6.92 Å². The lowest BCUT2D eigenvalue weighted by Crippen LogP contribution is -2.10. The quantitative estimate of drug-likeness (QED) is 0.688. The number of aromatic nitrogens is 1. The van der Waals surface area contributed by atoms with Crippen LogP contribution in [0.25, 0.3) is 0 Å². The third-order valence-corrected chi connectivity index (χ3v) is 2.66. The van der Waals surface area contributed by atoms with Crippen LogP contribution in [0, 0.1) is 5.82 Å². The Bertz CT molecular complexity index is 358. The summed E-state index contributed by atoms with van der Waals surface area (Å²) in [5, 5.41) is 0. The molecule has 1 saturated carbocycles. The molecule has 1 heterocycles. The van der Waals surface area contributed by atoms with Gasteiger partial charge in [0, 0.05) is 5.41 Å². The van der Waals surface area contributed by atoms with Gasteiger partial charge in [-0.2, -0.15) is 0 Å². The third kappa shape index (κ3) is 1.13. The van der Waals surface area contributed by atoms with E-state index in [-0.39, 0.29) is 16.8 Å². The number of anilines is 2. The van der Waals surface area contributed by atoms with E-state index in [9.17, 15) is 4.39 Å². The van der Waals surface area contributed by atoms with Crippen molar-refractivity contribution in [1.82, 2.24) is 4.98 Å². The Morgan fingerprint density at radius 1 is 1.46 bits per heavy atom. The normalized spacial score (nSPS) is 18.6. The number of nitrogens with zero attached hydrogens (tertiary/aromatic N) is 1. The topological polar surface area (TPSA) is 64.9 Å². The van der Waals surface area contributed by atoms with Crippen LogP contribution in [-0.4, -0.2) is 4.98 Å². The standard InChI is InChI=1S/C9H12FN3/c1-9(2-3-9)8-6(10)7(12)5(11)4-13-8/h4H,2-3,11H2,1H3,(H2,12,13). The van der Waals surface area contributed by atoms with Crippen molar-refractivity contribution in [3.63, 3.8) is 0 Å². The highest BCUT2D eigenvalue weighted by molar-refractivity contribution is 5.63. The zero-order valence-corrected chi connectivity index (χ0v) is 7.47. The summed E-state index contributed by atoms with van der Waals surface area (Å²) in [6.45, 7) is 1.98. The second kappa shape index (κ2) is 2.34. The van der Waals surface area contributed by atoms with Gasteiger partial charge in [-0.05, 0) is 12.8 Å². The van der Waals surface area contributed by atoms with Crippen LogP contribution < -0.4 is 11.5 Å². The van der Waals surface area contributed by atoms with Gasteiger partial charge in [0.05, 0.1) is 23.3 Å². The molecule has 4 heteroatoms. The van der Waals surface area contributed by atoms with Gasteiger partial charge in [0.2, 0.25) is 0 Å². The van der Waals surface area contributed by atoms with Crippen molar-refractivity contribution in [2.24, 2.45) is 0 Å². The van der Waals surface area contributed by atoms with Gasteiger partial charge in [-0.1, -0.05) is 6.92 Å². The second-order valence-corrected chi connectivity index (χ2v) is 3.85. The average molecular weight is 181 g/mol. The third-order valence-electron chi connectivity index (χ3n) is 2.66. The van der Waals surface area contributed by atoms with Gasteiger partial charge >= 0.3 is 0 Å². The number of rotatable bonds is 1. The van der Waals surface area contributed by atoms with Crippen molar-refractivity contribution in [1.29, 1.82) is 0 Å². The number of pyridine rings is 1. The minimum absolute atomic E-state index is 0.0260. The van der Waals surface area contributed by atoms with Gasteiger partial charge in [-0.15, -0.1) is 0 Å². The molecular formula is C9H12FN3. The van der Waals surface area contributed by atoms with Crippen LogP contribution >= 0.6 is 0 Å². The van der Waals surface area contributed by atoms with Gasteiger partial charge in [0.25, 0.3) is 0 Å². The molecule has 0 bridgehead atoms. The lowest BCUT2D eigenvalue weighted by atomic mass is 10.0. The molecule has 0 unspecified atom stereocenters. The lowest BCUT2D eigenvalue weighted by Gasteiger charge is -2.11. The summed E-state index contributed by atoms with van der Waals surface area (Å²) in [5.41, 5.74) is 11.5. The fourth-order valence-electron chi connectivity index (χ4n) is 1.36. The second-order valence-electron chi connectivity index (χ2n) is 3.85. The smallest absolute Gasteiger partial charge is 0.170 e. The molecule has 13 heavy (non-hydrogen) atoms. The molecule has 0 spiro atoms. The maximum atomic E-state index is 13.5. The molecule has 1 fully saturated rings. The van der Waals surface area contributed by atoms with Crippen LogP contribution in [0.2, 0.25) is 0 Å². The lowest BCUT2D eigenvalue weighted by molar-refractivity contribution is 0.575. The number of hydrogen-bond donors (Lipinski definition) is 2. The molecule has 0 aliphatic heterocycles. The first-order valence-corrected chi connectivity index (χ1v) is 4.24. The first kappa shape index (κ1) is 8.29. The molecule has 0 amide bonds. The van der Waals surface area contributed by atoms with Crippen LogP contribution in [0.5, 0.6) is 0 Å². The summed E-state index contributed by atoms with van der Waals surface area (Å²) < 4.78 is 13.5. The van der Waals surface area contributed by atoms with Crippen LogP contribution in [0.1, 0.15) is 25.5 Å². The van der Waals surface area contributed by atoms with Gasteiger partial charge < -0.3 is 11.5 Å². The van der Waals surface area contributed by atoms with E-state index in [4.69, 9.17) is 11.5 Å². The van der Waals surface area contributed by atoms with E-state index in [0.717, 1.165) is 12.8 Å². The van der Waals surface area contributed by atoms with Crippen molar-refractivity contribution in [3.8, 4) is 0 Å². The Balaban J connectivity index is 2.54. The van der Waals surface area contributed by atoms with Crippen LogP contribution in [0.15, 0.2) is 6.20 Å². The van der Waals surface area contributed by atoms with Crippen molar-refractivity contribution >= 4 is 11.4 Å². The Kier molecular flexibility index (Phi) is 1.49. The van der Waals surface area contributed by atoms with Crippen LogP contribution in [0.4, 0.5) is 15.8 Å². The highest BCUT2D eigenvalue weighted by atomic mass is 19.1. The molecule has 3 nitrogen and oxygen atoms in total. The maximum absolute atomic E-state index is 13.5. The molecule has 0 aromatic carbocycles. The Morgan fingerprint density at radius 2 is 2.08 bits per heavy atom. The highest BCUT2D eigenvalue weighted by Gasteiger charge is 2.43. The molecule has 1 aliphatic carbocycles. The van der Waals surface area contributed by atoms with Crippen LogP contribution in [-0.2, 0) is 5.41 Å². The first-order valence-electron chi connectivity index (χ1n) is 4.24. The zero-order valence-electron chi connectivity index (χ0n) is 7.47. The minimum Gasteiger partial charge on any atom is -0.396 e. The molecule has 70 valence electrons. The Morgan fingerprint density at radius 3 is 2.62 bits per heavy atom. The van der Waals surface area contributed by atoms with E-state index in [1.165, 1.54) is 6.20 Å². The van der Waals surface area contributed by atoms with E-state index >= 15 is 0 Å². The largest absolute Gasteiger partial charge is 0.396 e. The molecular weight excluding hydrogens is 169 g/mol.